The van der Waals surface area contributed by atoms with Gasteiger partial charge in [-0.2, -0.15) is 0 Å². The lowest BCUT2D eigenvalue weighted by Crippen LogP contribution is -2.42. The number of halogens is 1. The molecule has 108 valence electrons. The molecule has 1 saturated carbocycles. The fourth-order valence-electron chi connectivity index (χ4n) is 3.67. The Morgan fingerprint density at radius 3 is 2.40 bits per heavy atom. The van der Waals surface area contributed by atoms with Gasteiger partial charge in [0.25, 0.3) is 5.91 Å². The summed E-state index contributed by atoms with van der Waals surface area (Å²) in [6, 6.07) is 5.47. The zero-order chi connectivity index (χ0) is 14.2. The Morgan fingerprint density at radius 1 is 1.15 bits per heavy atom. The highest BCUT2D eigenvalue weighted by Crippen LogP contribution is 2.46. The predicted molar refractivity (Wildman–Crippen MR) is 84.6 cm³/mol. The second kappa shape index (κ2) is 5.40. The first-order chi connectivity index (χ1) is 9.60. The van der Waals surface area contributed by atoms with Gasteiger partial charge in [-0.3, -0.25) is 4.79 Å². The van der Waals surface area contributed by atoms with Gasteiger partial charge >= 0.3 is 0 Å². The van der Waals surface area contributed by atoms with E-state index in [-0.39, 0.29) is 5.91 Å². The number of nitrogen functional groups attached to an aromatic ring is 1. The van der Waals surface area contributed by atoms with Crippen LogP contribution >= 0.6 is 15.9 Å². The van der Waals surface area contributed by atoms with Gasteiger partial charge in [-0.05, 0) is 65.2 Å². The number of likely N-dealkylation sites (tertiary alicyclic amines) is 1. The van der Waals surface area contributed by atoms with Crippen LogP contribution in [0.3, 0.4) is 0 Å². The molecule has 1 saturated heterocycles. The van der Waals surface area contributed by atoms with Crippen molar-refractivity contribution in [1.29, 1.82) is 0 Å². The van der Waals surface area contributed by atoms with Crippen molar-refractivity contribution in [2.45, 2.75) is 38.5 Å². The maximum atomic E-state index is 12.5. The summed E-state index contributed by atoms with van der Waals surface area (Å²) in [4.78, 5) is 14.5. The lowest BCUT2D eigenvalue weighted by Gasteiger charge is -2.39. The van der Waals surface area contributed by atoms with Gasteiger partial charge in [-0.25, -0.2) is 0 Å². The number of carbonyl (C=O) groups excluding carboxylic acids is 1. The fourth-order valence-corrected chi connectivity index (χ4v) is 3.92. The molecule has 2 N–H and O–H groups in total. The van der Waals surface area contributed by atoms with Crippen LogP contribution < -0.4 is 5.73 Å². The molecule has 4 heteroatoms. The molecular formula is C16H21BrN2O. The molecule has 20 heavy (non-hydrogen) atoms. The van der Waals surface area contributed by atoms with E-state index in [0.717, 1.165) is 17.6 Å². The molecule has 3 nitrogen and oxygen atoms in total. The molecular weight excluding hydrogens is 316 g/mol. The molecule has 1 aliphatic heterocycles. The van der Waals surface area contributed by atoms with Gasteiger partial charge in [-0.1, -0.05) is 12.8 Å². The Balaban J connectivity index is 1.68. The van der Waals surface area contributed by atoms with Crippen LogP contribution in [0.4, 0.5) is 5.69 Å². The number of amides is 1. The molecule has 0 aromatic heterocycles. The van der Waals surface area contributed by atoms with Crippen molar-refractivity contribution < 1.29 is 4.79 Å². The number of carbonyl (C=O) groups is 1. The van der Waals surface area contributed by atoms with Crippen LogP contribution in [0.5, 0.6) is 0 Å². The van der Waals surface area contributed by atoms with E-state index in [1.54, 1.807) is 6.07 Å². The zero-order valence-electron chi connectivity index (χ0n) is 11.7. The number of nitrogens with two attached hydrogens (primary N) is 1. The molecule has 2 aliphatic rings. The van der Waals surface area contributed by atoms with E-state index in [4.69, 9.17) is 5.73 Å². The molecule has 0 radical (unpaired) electrons. The van der Waals surface area contributed by atoms with Crippen LogP contribution in [0.1, 0.15) is 48.9 Å². The first kappa shape index (κ1) is 13.9. The molecule has 3 rings (SSSR count). The largest absolute Gasteiger partial charge is 0.398 e. The van der Waals surface area contributed by atoms with Crippen molar-refractivity contribution in [3.63, 3.8) is 0 Å². The van der Waals surface area contributed by atoms with Crippen LogP contribution in [0.15, 0.2) is 22.7 Å². The first-order valence-electron chi connectivity index (χ1n) is 7.44. The van der Waals surface area contributed by atoms with Gasteiger partial charge < -0.3 is 10.6 Å². The van der Waals surface area contributed by atoms with Crippen molar-refractivity contribution in [3.8, 4) is 0 Å². The first-order valence-corrected chi connectivity index (χ1v) is 8.23. The van der Waals surface area contributed by atoms with Crippen LogP contribution in [0.25, 0.3) is 0 Å². The molecule has 2 fully saturated rings. The highest BCUT2D eigenvalue weighted by Gasteiger charge is 2.38. The van der Waals surface area contributed by atoms with E-state index < -0.39 is 0 Å². The third kappa shape index (κ3) is 2.58. The van der Waals surface area contributed by atoms with E-state index >= 15 is 0 Å². The third-order valence-electron chi connectivity index (χ3n) is 5.02. The highest BCUT2D eigenvalue weighted by atomic mass is 79.9. The average molecular weight is 337 g/mol. The zero-order valence-corrected chi connectivity index (χ0v) is 13.3. The summed E-state index contributed by atoms with van der Waals surface area (Å²) in [6.45, 7) is 1.80. The van der Waals surface area contributed by atoms with Gasteiger partial charge in [0.2, 0.25) is 0 Å². The number of nitrogens with zero attached hydrogens (tertiary/aromatic N) is 1. The Hall–Kier alpha value is -1.03. The molecule has 0 atom stereocenters. The van der Waals surface area contributed by atoms with E-state index in [0.29, 0.717) is 16.7 Å². The average Bonchev–Trinajstić information content (AvgIpc) is 2.90. The highest BCUT2D eigenvalue weighted by molar-refractivity contribution is 9.10. The topological polar surface area (TPSA) is 46.3 Å². The molecule has 1 heterocycles. The summed E-state index contributed by atoms with van der Waals surface area (Å²) in [5, 5.41) is 0. The van der Waals surface area contributed by atoms with Crippen molar-refractivity contribution >= 4 is 27.5 Å². The Morgan fingerprint density at radius 2 is 1.80 bits per heavy atom. The summed E-state index contributed by atoms with van der Waals surface area (Å²) in [6.07, 6.45) is 7.81. The molecule has 1 amide bonds. The lowest BCUT2D eigenvalue weighted by atomic mass is 9.77. The quantitative estimate of drug-likeness (QED) is 0.792. The Bertz CT molecular complexity index is 513. The van der Waals surface area contributed by atoms with Crippen molar-refractivity contribution in [3.05, 3.63) is 28.2 Å². The summed E-state index contributed by atoms with van der Waals surface area (Å²) in [5.41, 5.74) is 7.74. The lowest BCUT2D eigenvalue weighted by molar-refractivity contribution is 0.0587. The molecule has 0 bridgehead atoms. The predicted octanol–water partition coefficient (Wildman–Crippen LogP) is 3.83. The molecule has 1 aliphatic carbocycles. The summed E-state index contributed by atoms with van der Waals surface area (Å²) < 4.78 is 0.845. The van der Waals surface area contributed by atoms with E-state index in [1.165, 1.54) is 38.5 Å². The minimum atomic E-state index is 0.122. The second-order valence-corrected chi connectivity index (χ2v) is 7.09. The molecule has 1 spiro atoms. The SMILES string of the molecule is Nc1cc(C(=O)N2CCC3(CCCC3)CC2)ccc1Br. The number of rotatable bonds is 1. The van der Waals surface area contributed by atoms with Gasteiger partial charge in [0.1, 0.15) is 0 Å². The number of benzene rings is 1. The van der Waals surface area contributed by atoms with Crippen molar-refractivity contribution in [1.82, 2.24) is 4.90 Å². The normalized spacial score (nSPS) is 21.4. The fraction of sp³-hybridized carbons (Fsp3) is 0.562. The van der Waals surface area contributed by atoms with Gasteiger partial charge in [-0.15, -0.1) is 0 Å². The second-order valence-electron chi connectivity index (χ2n) is 6.24. The Labute approximate surface area is 128 Å². The van der Waals surface area contributed by atoms with E-state index in [2.05, 4.69) is 15.9 Å². The number of hydrogen-bond acceptors (Lipinski definition) is 2. The summed E-state index contributed by atoms with van der Waals surface area (Å²) >= 11 is 3.37. The number of anilines is 1. The smallest absolute Gasteiger partial charge is 0.253 e. The van der Waals surface area contributed by atoms with Gasteiger partial charge in [0.05, 0.1) is 0 Å². The van der Waals surface area contributed by atoms with E-state index in [1.807, 2.05) is 17.0 Å². The van der Waals surface area contributed by atoms with Crippen molar-refractivity contribution in [2.75, 3.05) is 18.8 Å². The third-order valence-corrected chi connectivity index (χ3v) is 5.74. The number of hydrogen-bond donors (Lipinski definition) is 1. The minimum Gasteiger partial charge on any atom is -0.398 e. The minimum absolute atomic E-state index is 0.122. The molecule has 1 aromatic rings. The van der Waals surface area contributed by atoms with Crippen LogP contribution in [0.2, 0.25) is 0 Å². The monoisotopic (exact) mass is 336 g/mol. The van der Waals surface area contributed by atoms with Gasteiger partial charge in [0.15, 0.2) is 0 Å². The van der Waals surface area contributed by atoms with Gasteiger partial charge in [0, 0.05) is 28.8 Å². The van der Waals surface area contributed by atoms with E-state index in [9.17, 15) is 4.79 Å². The van der Waals surface area contributed by atoms with Crippen LogP contribution in [0, 0.1) is 5.41 Å². The maximum absolute atomic E-state index is 12.5. The molecule has 0 unspecified atom stereocenters. The standard InChI is InChI=1S/C16H21BrN2O/c17-13-4-3-12(11-14(13)18)15(20)19-9-7-16(8-10-19)5-1-2-6-16/h3-4,11H,1-2,5-10,18H2. The number of piperidine rings is 1. The summed E-state index contributed by atoms with van der Waals surface area (Å²) in [5.74, 6) is 0.122. The maximum Gasteiger partial charge on any atom is 0.253 e. The Kier molecular flexibility index (Phi) is 3.76. The van der Waals surface area contributed by atoms with Crippen molar-refractivity contribution in [2.24, 2.45) is 5.41 Å². The van der Waals surface area contributed by atoms with Crippen LogP contribution in [-0.4, -0.2) is 23.9 Å². The molecule has 1 aromatic carbocycles. The summed E-state index contributed by atoms with van der Waals surface area (Å²) in [7, 11) is 0. The van der Waals surface area contributed by atoms with Crippen LogP contribution in [-0.2, 0) is 0 Å².